The summed E-state index contributed by atoms with van der Waals surface area (Å²) in [5.41, 5.74) is 1.07. The number of rotatable bonds is 2. The fourth-order valence-electron chi connectivity index (χ4n) is 2.63. The molecule has 0 bridgehead atoms. The average molecular weight is 245 g/mol. The van der Waals surface area contributed by atoms with Gasteiger partial charge in [0.25, 0.3) is 0 Å². The lowest BCUT2D eigenvalue weighted by Crippen LogP contribution is -2.17. The van der Waals surface area contributed by atoms with Crippen molar-refractivity contribution in [2.45, 2.75) is 38.6 Å². The van der Waals surface area contributed by atoms with Gasteiger partial charge in [-0.1, -0.05) is 12.1 Å². The second-order valence-corrected chi connectivity index (χ2v) is 4.95. The molecule has 0 N–H and O–H groups in total. The Morgan fingerprint density at radius 3 is 2.83 bits per heavy atom. The fourth-order valence-corrected chi connectivity index (χ4v) is 2.63. The van der Waals surface area contributed by atoms with Crippen LogP contribution in [0.5, 0.6) is 0 Å². The number of benzene rings is 1. The van der Waals surface area contributed by atoms with E-state index in [4.69, 9.17) is 0 Å². The predicted octanol–water partition coefficient (Wildman–Crippen LogP) is 2.91. The normalized spacial score (nSPS) is 18.7. The smallest absolute Gasteiger partial charge is 0.137 e. The molecule has 4 heteroatoms. The summed E-state index contributed by atoms with van der Waals surface area (Å²) < 4.78 is 15.1. The molecule has 18 heavy (non-hydrogen) atoms. The molecular formula is C14H16FN3. The van der Waals surface area contributed by atoms with Crippen molar-refractivity contribution in [2.24, 2.45) is 0 Å². The lowest BCUT2D eigenvalue weighted by atomic mass is 10.0. The van der Waals surface area contributed by atoms with Gasteiger partial charge in [-0.05, 0) is 37.5 Å². The van der Waals surface area contributed by atoms with Gasteiger partial charge in [0.15, 0.2) is 0 Å². The Hall–Kier alpha value is -1.71. The molecule has 94 valence electrons. The molecule has 0 amide bonds. The molecule has 1 aromatic heterocycles. The van der Waals surface area contributed by atoms with E-state index in [0.717, 1.165) is 30.1 Å². The molecule has 0 fully saturated rings. The van der Waals surface area contributed by atoms with Crippen LogP contribution >= 0.6 is 0 Å². The second kappa shape index (κ2) is 4.52. The SMILES string of the molecule is CC1CCCc2nnc(Cc3ccc(F)cc3)n21. The van der Waals surface area contributed by atoms with Crippen LogP contribution in [-0.2, 0) is 12.8 Å². The van der Waals surface area contributed by atoms with Crippen molar-refractivity contribution >= 4 is 0 Å². The minimum atomic E-state index is -0.199. The Morgan fingerprint density at radius 2 is 2.06 bits per heavy atom. The number of halogens is 1. The van der Waals surface area contributed by atoms with E-state index in [0.29, 0.717) is 6.04 Å². The van der Waals surface area contributed by atoms with E-state index >= 15 is 0 Å². The van der Waals surface area contributed by atoms with Crippen LogP contribution in [0.2, 0.25) is 0 Å². The van der Waals surface area contributed by atoms with Crippen LogP contribution in [0.25, 0.3) is 0 Å². The van der Waals surface area contributed by atoms with Gasteiger partial charge in [0.2, 0.25) is 0 Å². The molecule has 0 spiro atoms. The van der Waals surface area contributed by atoms with E-state index < -0.39 is 0 Å². The Morgan fingerprint density at radius 1 is 1.28 bits per heavy atom. The van der Waals surface area contributed by atoms with E-state index in [-0.39, 0.29) is 5.82 Å². The minimum Gasteiger partial charge on any atom is -0.312 e. The first kappa shape index (κ1) is 11.4. The number of nitrogens with zero attached hydrogens (tertiary/aromatic N) is 3. The van der Waals surface area contributed by atoms with Crippen LogP contribution in [0.4, 0.5) is 4.39 Å². The third-order valence-corrected chi connectivity index (χ3v) is 3.58. The number of aromatic nitrogens is 3. The summed E-state index contributed by atoms with van der Waals surface area (Å²) in [5, 5.41) is 8.54. The van der Waals surface area contributed by atoms with Crippen molar-refractivity contribution in [1.29, 1.82) is 0 Å². The molecule has 3 nitrogen and oxygen atoms in total. The first-order chi connectivity index (χ1) is 8.74. The average Bonchev–Trinajstić information content (AvgIpc) is 2.77. The maximum Gasteiger partial charge on any atom is 0.137 e. The third-order valence-electron chi connectivity index (χ3n) is 3.58. The highest BCUT2D eigenvalue weighted by Gasteiger charge is 2.21. The summed E-state index contributed by atoms with van der Waals surface area (Å²) in [7, 11) is 0. The zero-order valence-electron chi connectivity index (χ0n) is 10.4. The summed E-state index contributed by atoms with van der Waals surface area (Å²) in [6.45, 7) is 2.21. The first-order valence-electron chi connectivity index (χ1n) is 6.41. The third kappa shape index (κ3) is 2.03. The summed E-state index contributed by atoms with van der Waals surface area (Å²) in [5.74, 6) is 1.88. The Balaban J connectivity index is 1.89. The molecule has 3 rings (SSSR count). The maximum absolute atomic E-state index is 12.9. The summed E-state index contributed by atoms with van der Waals surface area (Å²) >= 11 is 0. The standard InChI is InChI=1S/C14H16FN3/c1-10-3-2-4-13-16-17-14(18(10)13)9-11-5-7-12(15)8-6-11/h5-8,10H,2-4,9H2,1H3. The van der Waals surface area contributed by atoms with Crippen molar-refractivity contribution in [1.82, 2.24) is 14.8 Å². The lowest BCUT2D eigenvalue weighted by molar-refractivity contribution is 0.416. The van der Waals surface area contributed by atoms with E-state index in [2.05, 4.69) is 21.7 Å². The number of aryl methyl sites for hydroxylation is 1. The van der Waals surface area contributed by atoms with Crippen molar-refractivity contribution in [3.05, 3.63) is 47.3 Å². The van der Waals surface area contributed by atoms with Crippen molar-refractivity contribution in [3.8, 4) is 0 Å². The number of hydrogen-bond donors (Lipinski definition) is 0. The zero-order valence-corrected chi connectivity index (χ0v) is 10.4. The van der Waals surface area contributed by atoms with Crippen molar-refractivity contribution < 1.29 is 4.39 Å². The molecule has 1 atom stereocenters. The molecule has 0 saturated heterocycles. The van der Waals surface area contributed by atoms with Gasteiger partial charge in [0, 0.05) is 18.9 Å². The lowest BCUT2D eigenvalue weighted by Gasteiger charge is -2.22. The molecule has 0 aliphatic carbocycles. The molecule has 1 unspecified atom stereocenters. The molecule has 2 aromatic rings. The summed E-state index contributed by atoms with van der Waals surface area (Å²) in [4.78, 5) is 0. The monoisotopic (exact) mass is 245 g/mol. The Kier molecular flexibility index (Phi) is 2.86. The maximum atomic E-state index is 12.9. The number of fused-ring (bicyclic) bond motifs is 1. The van der Waals surface area contributed by atoms with Gasteiger partial charge < -0.3 is 4.57 Å². The fraction of sp³-hybridized carbons (Fsp3) is 0.429. The molecular weight excluding hydrogens is 229 g/mol. The van der Waals surface area contributed by atoms with Crippen LogP contribution in [0.3, 0.4) is 0 Å². The highest BCUT2D eigenvalue weighted by molar-refractivity contribution is 5.20. The molecule has 0 radical (unpaired) electrons. The first-order valence-corrected chi connectivity index (χ1v) is 6.41. The van der Waals surface area contributed by atoms with Gasteiger partial charge in [0.1, 0.15) is 17.5 Å². The summed E-state index contributed by atoms with van der Waals surface area (Å²) in [6.07, 6.45) is 4.11. The van der Waals surface area contributed by atoms with Gasteiger partial charge in [-0.3, -0.25) is 0 Å². The van der Waals surface area contributed by atoms with Gasteiger partial charge in [0.05, 0.1) is 0 Å². The van der Waals surface area contributed by atoms with E-state index in [1.165, 1.54) is 25.0 Å². The Labute approximate surface area is 106 Å². The van der Waals surface area contributed by atoms with Crippen LogP contribution < -0.4 is 0 Å². The van der Waals surface area contributed by atoms with Crippen LogP contribution in [0.15, 0.2) is 24.3 Å². The quantitative estimate of drug-likeness (QED) is 0.814. The second-order valence-electron chi connectivity index (χ2n) is 4.95. The van der Waals surface area contributed by atoms with Crippen LogP contribution in [-0.4, -0.2) is 14.8 Å². The van der Waals surface area contributed by atoms with Gasteiger partial charge in [-0.2, -0.15) is 0 Å². The van der Waals surface area contributed by atoms with Crippen LogP contribution in [0, 0.1) is 5.82 Å². The summed E-state index contributed by atoms with van der Waals surface area (Å²) in [6, 6.07) is 7.08. The van der Waals surface area contributed by atoms with Crippen LogP contribution in [0.1, 0.15) is 43.0 Å². The molecule has 0 saturated carbocycles. The van der Waals surface area contributed by atoms with E-state index in [1.54, 1.807) is 0 Å². The van der Waals surface area contributed by atoms with Crippen molar-refractivity contribution in [2.75, 3.05) is 0 Å². The van der Waals surface area contributed by atoms with E-state index in [9.17, 15) is 4.39 Å². The van der Waals surface area contributed by atoms with Gasteiger partial charge >= 0.3 is 0 Å². The molecule has 1 aliphatic heterocycles. The molecule has 1 aromatic carbocycles. The highest BCUT2D eigenvalue weighted by Crippen LogP contribution is 2.25. The molecule has 2 heterocycles. The van der Waals surface area contributed by atoms with E-state index in [1.807, 2.05) is 12.1 Å². The highest BCUT2D eigenvalue weighted by atomic mass is 19.1. The predicted molar refractivity (Wildman–Crippen MR) is 66.9 cm³/mol. The topological polar surface area (TPSA) is 30.7 Å². The molecule has 1 aliphatic rings. The van der Waals surface area contributed by atoms with Crippen molar-refractivity contribution in [3.63, 3.8) is 0 Å². The zero-order chi connectivity index (χ0) is 12.5. The Bertz CT molecular complexity index is 545. The van der Waals surface area contributed by atoms with Gasteiger partial charge in [-0.15, -0.1) is 10.2 Å². The van der Waals surface area contributed by atoms with Gasteiger partial charge in [-0.25, -0.2) is 4.39 Å². The minimum absolute atomic E-state index is 0.199. The number of hydrogen-bond acceptors (Lipinski definition) is 2. The largest absolute Gasteiger partial charge is 0.312 e.